The molecule has 1 saturated heterocycles. The molecule has 0 N–H and O–H groups in total. The van der Waals surface area contributed by atoms with Gasteiger partial charge in [0.05, 0.1) is 6.10 Å². The van der Waals surface area contributed by atoms with Crippen molar-refractivity contribution in [2.45, 2.75) is 31.8 Å². The first-order chi connectivity index (χ1) is 4.43. The lowest BCUT2D eigenvalue weighted by Crippen LogP contribution is -2.02. The lowest BCUT2D eigenvalue weighted by molar-refractivity contribution is 0.105. The van der Waals surface area contributed by atoms with Crippen molar-refractivity contribution in [2.75, 3.05) is 6.61 Å². The van der Waals surface area contributed by atoms with Crippen molar-refractivity contribution >= 4 is 0 Å². The highest BCUT2D eigenvalue weighted by Gasteiger charge is 2.13. The van der Waals surface area contributed by atoms with Crippen LogP contribution in [0.3, 0.4) is 0 Å². The van der Waals surface area contributed by atoms with E-state index in [1.807, 2.05) is 0 Å². The standard InChI is InChI=1S/C8H12O/c1-2-3-5-8-6-4-7-9-8/h1,8H,3-7H2. The fourth-order valence-corrected chi connectivity index (χ4v) is 1.12. The Hall–Kier alpha value is -0.480. The summed E-state index contributed by atoms with van der Waals surface area (Å²) < 4.78 is 5.36. The van der Waals surface area contributed by atoms with Crippen molar-refractivity contribution in [3.63, 3.8) is 0 Å². The van der Waals surface area contributed by atoms with Crippen molar-refractivity contribution in [1.29, 1.82) is 0 Å². The molecular weight excluding hydrogens is 112 g/mol. The van der Waals surface area contributed by atoms with Crippen LogP contribution in [0.2, 0.25) is 0 Å². The number of terminal acetylenes is 1. The molecule has 50 valence electrons. The lowest BCUT2D eigenvalue weighted by atomic mass is 10.1. The molecule has 0 saturated carbocycles. The molecule has 0 bridgehead atoms. The van der Waals surface area contributed by atoms with Crippen LogP contribution in [0.4, 0.5) is 0 Å². The minimum absolute atomic E-state index is 0.473. The van der Waals surface area contributed by atoms with Gasteiger partial charge in [0.15, 0.2) is 0 Å². The number of ether oxygens (including phenoxy) is 1. The van der Waals surface area contributed by atoms with E-state index in [1.54, 1.807) is 0 Å². The minimum Gasteiger partial charge on any atom is -0.378 e. The van der Waals surface area contributed by atoms with E-state index in [1.165, 1.54) is 12.8 Å². The zero-order valence-electron chi connectivity index (χ0n) is 5.60. The second-order valence-electron chi connectivity index (χ2n) is 2.38. The molecule has 0 aromatic carbocycles. The highest BCUT2D eigenvalue weighted by Crippen LogP contribution is 2.15. The normalized spacial score (nSPS) is 25.9. The Balaban J connectivity index is 2.06. The maximum absolute atomic E-state index is 5.36. The molecule has 0 aliphatic carbocycles. The smallest absolute Gasteiger partial charge is 0.0585 e. The van der Waals surface area contributed by atoms with Crippen LogP contribution in [0.25, 0.3) is 0 Å². The van der Waals surface area contributed by atoms with Gasteiger partial charge in [-0.05, 0) is 19.3 Å². The van der Waals surface area contributed by atoms with Gasteiger partial charge in [-0.1, -0.05) is 0 Å². The molecule has 1 unspecified atom stereocenters. The SMILES string of the molecule is C#CCCC1CCCO1. The summed E-state index contributed by atoms with van der Waals surface area (Å²) in [5, 5.41) is 0. The van der Waals surface area contributed by atoms with Gasteiger partial charge < -0.3 is 4.74 Å². The van der Waals surface area contributed by atoms with E-state index < -0.39 is 0 Å². The van der Waals surface area contributed by atoms with Gasteiger partial charge in [-0.15, -0.1) is 12.3 Å². The number of hydrogen-bond donors (Lipinski definition) is 0. The highest BCUT2D eigenvalue weighted by atomic mass is 16.5. The average molecular weight is 124 g/mol. The Labute approximate surface area is 56.4 Å². The summed E-state index contributed by atoms with van der Waals surface area (Å²) in [5.41, 5.74) is 0. The summed E-state index contributed by atoms with van der Waals surface area (Å²) in [6.45, 7) is 0.940. The highest BCUT2D eigenvalue weighted by molar-refractivity contribution is 4.85. The molecule has 0 amide bonds. The first-order valence-corrected chi connectivity index (χ1v) is 3.48. The maximum Gasteiger partial charge on any atom is 0.0585 e. The van der Waals surface area contributed by atoms with Crippen molar-refractivity contribution < 1.29 is 4.74 Å². The quantitative estimate of drug-likeness (QED) is 0.508. The van der Waals surface area contributed by atoms with E-state index in [2.05, 4.69) is 5.92 Å². The van der Waals surface area contributed by atoms with Crippen molar-refractivity contribution in [3.8, 4) is 12.3 Å². The fourth-order valence-electron chi connectivity index (χ4n) is 1.12. The van der Waals surface area contributed by atoms with Crippen molar-refractivity contribution in [1.82, 2.24) is 0 Å². The van der Waals surface area contributed by atoms with E-state index in [0.29, 0.717) is 6.10 Å². The van der Waals surface area contributed by atoms with Crippen LogP contribution in [0.5, 0.6) is 0 Å². The van der Waals surface area contributed by atoms with E-state index in [9.17, 15) is 0 Å². The van der Waals surface area contributed by atoms with Gasteiger partial charge in [-0.25, -0.2) is 0 Å². The molecule has 1 aliphatic rings. The van der Waals surface area contributed by atoms with Gasteiger partial charge in [0.25, 0.3) is 0 Å². The second-order valence-corrected chi connectivity index (χ2v) is 2.38. The zero-order valence-corrected chi connectivity index (χ0v) is 5.60. The Morgan fingerprint density at radius 2 is 2.56 bits per heavy atom. The van der Waals surface area contributed by atoms with Crippen LogP contribution in [0, 0.1) is 12.3 Å². The largest absolute Gasteiger partial charge is 0.378 e. The monoisotopic (exact) mass is 124 g/mol. The first-order valence-electron chi connectivity index (χ1n) is 3.48. The molecule has 0 radical (unpaired) electrons. The fraction of sp³-hybridized carbons (Fsp3) is 0.750. The summed E-state index contributed by atoms with van der Waals surface area (Å²) >= 11 is 0. The summed E-state index contributed by atoms with van der Waals surface area (Å²) in [7, 11) is 0. The molecule has 1 aliphatic heterocycles. The van der Waals surface area contributed by atoms with E-state index in [4.69, 9.17) is 11.2 Å². The molecule has 0 aromatic heterocycles. The summed E-state index contributed by atoms with van der Waals surface area (Å²) in [6.07, 6.45) is 9.92. The number of hydrogen-bond acceptors (Lipinski definition) is 1. The number of rotatable bonds is 2. The third-order valence-electron chi connectivity index (χ3n) is 1.63. The Morgan fingerprint density at radius 1 is 1.67 bits per heavy atom. The molecule has 0 aromatic rings. The van der Waals surface area contributed by atoms with Crippen molar-refractivity contribution in [2.24, 2.45) is 0 Å². The molecule has 1 rings (SSSR count). The third kappa shape index (κ3) is 2.07. The molecular formula is C8H12O. The van der Waals surface area contributed by atoms with Crippen molar-refractivity contribution in [3.05, 3.63) is 0 Å². The van der Waals surface area contributed by atoms with Crippen LogP contribution < -0.4 is 0 Å². The van der Waals surface area contributed by atoms with Gasteiger partial charge in [-0.2, -0.15) is 0 Å². The second kappa shape index (κ2) is 3.53. The summed E-state index contributed by atoms with van der Waals surface area (Å²) in [4.78, 5) is 0. The Kier molecular flexibility index (Phi) is 2.60. The molecule has 1 heterocycles. The third-order valence-corrected chi connectivity index (χ3v) is 1.63. The van der Waals surface area contributed by atoms with Crippen LogP contribution in [-0.4, -0.2) is 12.7 Å². The van der Waals surface area contributed by atoms with Gasteiger partial charge >= 0.3 is 0 Å². The van der Waals surface area contributed by atoms with Gasteiger partial charge in [0.1, 0.15) is 0 Å². The molecule has 0 spiro atoms. The topological polar surface area (TPSA) is 9.23 Å². The molecule has 1 atom stereocenters. The predicted octanol–water partition coefficient (Wildman–Crippen LogP) is 1.58. The minimum atomic E-state index is 0.473. The van der Waals surface area contributed by atoms with Crippen LogP contribution in [0.15, 0.2) is 0 Å². The van der Waals surface area contributed by atoms with Gasteiger partial charge in [0.2, 0.25) is 0 Å². The van der Waals surface area contributed by atoms with Gasteiger partial charge in [-0.3, -0.25) is 0 Å². The average Bonchev–Trinajstić information content (AvgIpc) is 2.34. The van der Waals surface area contributed by atoms with E-state index >= 15 is 0 Å². The Bertz CT molecular complexity index is 106. The predicted molar refractivity (Wildman–Crippen MR) is 37.0 cm³/mol. The zero-order chi connectivity index (χ0) is 6.53. The molecule has 1 nitrogen and oxygen atoms in total. The Morgan fingerprint density at radius 3 is 3.11 bits per heavy atom. The first kappa shape index (κ1) is 6.64. The van der Waals surface area contributed by atoms with Crippen LogP contribution in [-0.2, 0) is 4.74 Å². The molecule has 1 fully saturated rings. The van der Waals surface area contributed by atoms with Crippen LogP contribution in [0.1, 0.15) is 25.7 Å². The van der Waals surface area contributed by atoms with Gasteiger partial charge in [0, 0.05) is 13.0 Å². The van der Waals surface area contributed by atoms with E-state index in [0.717, 1.165) is 19.4 Å². The maximum atomic E-state index is 5.36. The van der Waals surface area contributed by atoms with Crippen LogP contribution >= 0.6 is 0 Å². The summed E-state index contributed by atoms with van der Waals surface area (Å²) in [5.74, 6) is 2.61. The lowest BCUT2D eigenvalue weighted by Gasteiger charge is -2.04. The molecule has 9 heavy (non-hydrogen) atoms. The van der Waals surface area contributed by atoms with E-state index in [-0.39, 0.29) is 0 Å². The summed E-state index contributed by atoms with van der Waals surface area (Å²) in [6, 6.07) is 0. The molecule has 1 heteroatoms.